The van der Waals surface area contributed by atoms with Crippen molar-refractivity contribution in [3.05, 3.63) is 51.8 Å². The van der Waals surface area contributed by atoms with Gasteiger partial charge in [-0.15, -0.1) is 0 Å². The van der Waals surface area contributed by atoms with Crippen molar-refractivity contribution >= 4 is 29.1 Å². The van der Waals surface area contributed by atoms with Gasteiger partial charge in [0.2, 0.25) is 5.91 Å². The normalized spacial score (nSPS) is 15.7. The Hall–Kier alpha value is -1.56. The average molecular weight is 367 g/mol. The number of carbonyl (C=O) groups excluding carboxylic acids is 1. The predicted molar refractivity (Wildman–Crippen MR) is 95.3 cm³/mol. The summed E-state index contributed by atoms with van der Waals surface area (Å²) >= 11 is 12.2. The summed E-state index contributed by atoms with van der Waals surface area (Å²) in [4.78, 5) is 16.5. The molecule has 0 radical (unpaired) electrons. The lowest BCUT2D eigenvalue weighted by molar-refractivity contribution is -0.133. The van der Waals surface area contributed by atoms with E-state index >= 15 is 0 Å². The molecule has 1 fully saturated rings. The van der Waals surface area contributed by atoms with Crippen LogP contribution in [0.1, 0.15) is 11.1 Å². The minimum Gasteiger partial charge on any atom is -0.339 e. The zero-order valence-electron chi connectivity index (χ0n) is 13.6. The van der Waals surface area contributed by atoms with Crippen LogP contribution in [0.3, 0.4) is 0 Å². The van der Waals surface area contributed by atoms with Gasteiger partial charge in [-0.25, -0.2) is 0 Å². The van der Waals surface area contributed by atoms with Gasteiger partial charge < -0.3 is 4.90 Å². The van der Waals surface area contributed by atoms with E-state index in [0.717, 1.165) is 43.9 Å². The second-order valence-electron chi connectivity index (χ2n) is 6.11. The monoisotopic (exact) mass is 366 g/mol. The van der Waals surface area contributed by atoms with Crippen LogP contribution in [-0.2, 0) is 17.9 Å². The third-order valence-corrected chi connectivity index (χ3v) is 4.78. The summed E-state index contributed by atoms with van der Waals surface area (Å²) in [5.74, 6) is 0.113. The number of rotatable bonds is 4. The standard InChI is InChI=1S/C17H20Cl2N4O/c1-13-9-20-23(10-13)12-17(24)22-6-4-21(5-7-22)11-14-2-3-15(18)8-16(14)19/h2-3,8-10H,4-7,11-12H2,1H3. The van der Waals surface area contributed by atoms with E-state index in [9.17, 15) is 4.79 Å². The molecule has 2 aromatic rings. The lowest BCUT2D eigenvalue weighted by atomic mass is 10.2. The Morgan fingerprint density at radius 3 is 2.58 bits per heavy atom. The molecule has 1 saturated heterocycles. The van der Waals surface area contributed by atoms with Crippen LogP contribution >= 0.6 is 23.2 Å². The fraction of sp³-hybridized carbons (Fsp3) is 0.412. The molecule has 128 valence electrons. The first-order chi connectivity index (χ1) is 11.5. The SMILES string of the molecule is Cc1cnn(CC(=O)N2CCN(Cc3ccc(Cl)cc3Cl)CC2)c1. The van der Waals surface area contributed by atoms with Crippen LogP contribution in [0.25, 0.3) is 0 Å². The van der Waals surface area contributed by atoms with E-state index in [0.29, 0.717) is 16.6 Å². The number of amides is 1. The summed E-state index contributed by atoms with van der Waals surface area (Å²) in [7, 11) is 0. The third kappa shape index (κ3) is 4.29. The first-order valence-corrected chi connectivity index (χ1v) is 8.70. The maximum absolute atomic E-state index is 12.3. The van der Waals surface area contributed by atoms with Gasteiger partial charge in [-0.3, -0.25) is 14.4 Å². The third-order valence-electron chi connectivity index (χ3n) is 4.19. The first kappa shape index (κ1) is 17.3. The second kappa shape index (κ2) is 7.55. The van der Waals surface area contributed by atoms with Gasteiger partial charge in [0.15, 0.2) is 0 Å². The van der Waals surface area contributed by atoms with E-state index in [-0.39, 0.29) is 5.91 Å². The van der Waals surface area contributed by atoms with Crippen molar-refractivity contribution in [2.24, 2.45) is 0 Å². The Balaban J connectivity index is 1.51. The molecule has 3 rings (SSSR count). The van der Waals surface area contributed by atoms with Crippen molar-refractivity contribution in [1.82, 2.24) is 19.6 Å². The first-order valence-electron chi connectivity index (χ1n) is 7.94. The minimum absolute atomic E-state index is 0.113. The molecule has 5 nitrogen and oxygen atoms in total. The highest BCUT2D eigenvalue weighted by molar-refractivity contribution is 6.35. The summed E-state index contributed by atoms with van der Waals surface area (Å²) in [6.45, 7) is 6.17. The van der Waals surface area contributed by atoms with E-state index < -0.39 is 0 Å². The number of nitrogens with zero attached hydrogens (tertiary/aromatic N) is 4. The summed E-state index contributed by atoms with van der Waals surface area (Å²) in [6, 6.07) is 5.58. The molecule has 1 amide bonds. The maximum Gasteiger partial charge on any atom is 0.244 e. The molecule has 0 bridgehead atoms. The smallest absolute Gasteiger partial charge is 0.244 e. The van der Waals surface area contributed by atoms with Crippen molar-refractivity contribution in [3.63, 3.8) is 0 Å². The number of piperazine rings is 1. The molecule has 1 aliphatic rings. The number of hydrogen-bond acceptors (Lipinski definition) is 3. The zero-order chi connectivity index (χ0) is 17.1. The molecule has 0 atom stereocenters. The molecular formula is C17H20Cl2N4O. The van der Waals surface area contributed by atoms with Crippen molar-refractivity contribution in [3.8, 4) is 0 Å². The van der Waals surface area contributed by atoms with Crippen LogP contribution in [-0.4, -0.2) is 51.7 Å². The number of halogens is 2. The van der Waals surface area contributed by atoms with E-state index in [1.807, 2.05) is 30.2 Å². The van der Waals surface area contributed by atoms with Gasteiger partial charge in [-0.05, 0) is 30.2 Å². The Labute approximate surface area is 151 Å². The molecule has 0 aliphatic carbocycles. The number of aromatic nitrogens is 2. The molecule has 1 aromatic carbocycles. The van der Waals surface area contributed by atoms with E-state index in [2.05, 4.69) is 10.00 Å². The quantitative estimate of drug-likeness (QED) is 0.835. The Morgan fingerprint density at radius 1 is 1.21 bits per heavy atom. The van der Waals surface area contributed by atoms with E-state index in [1.165, 1.54) is 0 Å². The van der Waals surface area contributed by atoms with E-state index in [1.54, 1.807) is 16.9 Å². The van der Waals surface area contributed by atoms with Crippen molar-refractivity contribution in [2.75, 3.05) is 26.2 Å². The molecule has 2 heterocycles. The van der Waals surface area contributed by atoms with Gasteiger partial charge in [0.05, 0.1) is 6.20 Å². The summed E-state index contributed by atoms with van der Waals surface area (Å²) in [5.41, 5.74) is 2.13. The minimum atomic E-state index is 0.113. The van der Waals surface area contributed by atoms with Crippen LogP contribution in [0.2, 0.25) is 10.0 Å². The van der Waals surface area contributed by atoms with Crippen molar-refractivity contribution in [2.45, 2.75) is 20.0 Å². The lowest BCUT2D eigenvalue weighted by Gasteiger charge is -2.34. The topological polar surface area (TPSA) is 41.4 Å². The average Bonchev–Trinajstić information content (AvgIpc) is 2.96. The zero-order valence-corrected chi connectivity index (χ0v) is 15.1. The van der Waals surface area contributed by atoms with Crippen LogP contribution in [0.4, 0.5) is 0 Å². The van der Waals surface area contributed by atoms with Crippen LogP contribution in [0.5, 0.6) is 0 Å². The molecule has 1 aromatic heterocycles. The highest BCUT2D eigenvalue weighted by atomic mass is 35.5. The van der Waals surface area contributed by atoms with Gasteiger partial charge >= 0.3 is 0 Å². The molecule has 0 spiro atoms. The maximum atomic E-state index is 12.3. The van der Waals surface area contributed by atoms with Crippen LogP contribution in [0.15, 0.2) is 30.6 Å². The van der Waals surface area contributed by atoms with Gasteiger partial charge in [0, 0.05) is 49.0 Å². The molecule has 24 heavy (non-hydrogen) atoms. The molecule has 0 N–H and O–H groups in total. The Morgan fingerprint density at radius 2 is 1.96 bits per heavy atom. The second-order valence-corrected chi connectivity index (χ2v) is 6.95. The van der Waals surface area contributed by atoms with Gasteiger partial charge in [-0.2, -0.15) is 5.10 Å². The van der Waals surface area contributed by atoms with Crippen LogP contribution < -0.4 is 0 Å². The number of benzene rings is 1. The highest BCUT2D eigenvalue weighted by Crippen LogP contribution is 2.22. The Bertz CT molecular complexity index is 723. The fourth-order valence-electron chi connectivity index (χ4n) is 2.84. The van der Waals surface area contributed by atoms with Gasteiger partial charge in [0.1, 0.15) is 6.54 Å². The Kier molecular flexibility index (Phi) is 5.43. The summed E-state index contributed by atoms with van der Waals surface area (Å²) in [5, 5.41) is 5.51. The van der Waals surface area contributed by atoms with Crippen LogP contribution in [0, 0.1) is 6.92 Å². The highest BCUT2D eigenvalue weighted by Gasteiger charge is 2.21. The van der Waals surface area contributed by atoms with Crippen molar-refractivity contribution in [1.29, 1.82) is 0 Å². The number of aryl methyl sites for hydroxylation is 1. The predicted octanol–water partition coefficient (Wildman–Crippen LogP) is 2.84. The lowest BCUT2D eigenvalue weighted by Crippen LogP contribution is -2.49. The molecular weight excluding hydrogens is 347 g/mol. The fourth-order valence-corrected chi connectivity index (χ4v) is 3.31. The van der Waals surface area contributed by atoms with Crippen molar-refractivity contribution < 1.29 is 4.79 Å². The summed E-state index contributed by atoms with van der Waals surface area (Å²) in [6.07, 6.45) is 3.65. The number of carbonyl (C=O) groups is 1. The van der Waals surface area contributed by atoms with Gasteiger partial charge in [-0.1, -0.05) is 29.3 Å². The molecule has 0 unspecified atom stereocenters. The van der Waals surface area contributed by atoms with Gasteiger partial charge in [0.25, 0.3) is 0 Å². The summed E-state index contributed by atoms with van der Waals surface area (Å²) < 4.78 is 1.69. The molecule has 0 saturated carbocycles. The molecule has 7 heteroatoms. The van der Waals surface area contributed by atoms with E-state index in [4.69, 9.17) is 23.2 Å². The molecule has 1 aliphatic heterocycles. The largest absolute Gasteiger partial charge is 0.339 e. The number of hydrogen-bond donors (Lipinski definition) is 0.